The van der Waals surface area contributed by atoms with Crippen molar-refractivity contribution >= 4 is 28.9 Å². The van der Waals surface area contributed by atoms with Crippen molar-refractivity contribution < 1.29 is 18.3 Å². The number of allylic oxidation sites excluding steroid dienone is 1. The minimum atomic E-state index is -2.89. The van der Waals surface area contributed by atoms with Crippen molar-refractivity contribution in [2.24, 2.45) is 0 Å². The van der Waals surface area contributed by atoms with Crippen molar-refractivity contribution in [1.29, 1.82) is 0 Å². The molecule has 2 aromatic carbocycles. The Balaban J connectivity index is 1.87. The summed E-state index contributed by atoms with van der Waals surface area (Å²) >= 11 is 5.21. The average Bonchev–Trinajstić information content (AvgIpc) is 2.63. The minimum Gasteiger partial charge on any atom is -0.435 e. The maximum absolute atomic E-state index is 12.9. The van der Waals surface area contributed by atoms with Crippen LogP contribution in [0.25, 0.3) is 0 Å². The highest BCUT2D eigenvalue weighted by Gasteiger charge is 2.30. The summed E-state index contributed by atoms with van der Waals surface area (Å²) in [6.45, 7) is 0.831. The molecule has 3 rings (SSSR count). The Morgan fingerprint density at radius 1 is 1.11 bits per heavy atom. The summed E-state index contributed by atoms with van der Waals surface area (Å²) in [7, 11) is 0. The quantitative estimate of drug-likeness (QED) is 0.658. The number of amides is 1. The largest absolute Gasteiger partial charge is 0.435 e. The summed E-state index contributed by atoms with van der Waals surface area (Å²) in [6, 6.07) is 13.0. The van der Waals surface area contributed by atoms with Crippen LogP contribution in [0, 0.1) is 6.92 Å². The molecule has 1 atom stereocenters. The van der Waals surface area contributed by atoms with Crippen LogP contribution >= 0.6 is 12.2 Å². The fourth-order valence-corrected chi connectivity index (χ4v) is 3.19. The molecule has 0 saturated heterocycles. The van der Waals surface area contributed by atoms with Gasteiger partial charge >= 0.3 is 6.61 Å². The number of benzene rings is 2. The molecular weight excluding hydrogens is 384 g/mol. The standard InChI is InChI=1S/C20H19F2N3O2S/c1-11-3-7-14(8-4-11)24-18(26)16-12(2)23-20(28)25-17(16)13-5-9-15(10-6-13)27-19(21)22/h3-10,17,19H,1-2H3,(H,24,26)(H2,23,25,28)/t17-/m0/s1. The molecule has 0 spiro atoms. The summed E-state index contributed by atoms with van der Waals surface area (Å²) in [4.78, 5) is 12.9. The Morgan fingerprint density at radius 2 is 1.75 bits per heavy atom. The first-order valence-electron chi connectivity index (χ1n) is 8.54. The molecule has 2 aromatic rings. The fraction of sp³-hybridized carbons (Fsp3) is 0.200. The van der Waals surface area contributed by atoms with E-state index < -0.39 is 12.7 Å². The van der Waals surface area contributed by atoms with E-state index in [2.05, 4.69) is 20.7 Å². The van der Waals surface area contributed by atoms with Crippen molar-refractivity contribution in [2.45, 2.75) is 26.5 Å². The molecule has 0 fully saturated rings. The number of carbonyl (C=O) groups excluding carboxylic acids is 1. The second kappa shape index (κ2) is 8.35. The predicted molar refractivity (Wildman–Crippen MR) is 107 cm³/mol. The lowest BCUT2D eigenvalue weighted by molar-refractivity contribution is -0.113. The van der Waals surface area contributed by atoms with E-state index in [0.717, 1.165) is 5.56 Å². The third-order valence-electron chi connectivity index (χ3n) is 4.26. The Bertz CT molecular complexity index is 912. The Hall–Kier alpha value is -3.00. The highest BCUT2D eigenvalue weighted by molar-refractivity contribution is 7.80. The maximum atomic E-state index is 12.9. The van der Waals surface area contributed by atoms with Crippen LogP contribution in [0.1, 0.15) is 24.1 Å². The topological polar surface area (TPSA) is 62.4 Å². The molecule has 0 radical (unpaired) electrons. The molecule has 1 heterocycles. The molecule has 0 saturated carbocycles. The summed E-state index contributed by atoms with van der Waals surface area (Å²) in [6.07, 6.45) is 0. The van der Waals surface area contributed by atoms with Gasteiger partial charge in [-0.15, -0.1) is 0 Å². The van der Waals surface area contributed by atoms with Crippen LogP contribution in [0.5, 0.6) is 5.75 Å². The van der Waals surface area contributed by atoms with Gasteiger partial charge in [-0.25, -0.2) is 0 Å². The molecular formula is C20H19F2N3O2S. The molecule has 0 unspecified atom stereocenters. The molecule has 146 valence electrons. The maximum Gasteiger partial charge on any atom is 0.387 e. The number of aryl methyl sites for hydroxylation is 1. The van der Waals surface area contributed by atoms with Gasteiger partial charge in [0.15, 0.2) is 5.11 Å². The highest BCUT2D eigenvalue weighted by Crippen LogP contribution is 2.29. The van der Waals surface area contributed by atoms with Crippen LogP contribution in [-0.4, -0.2) is 17.6 Å². The lowest BCUT2D eigenvalue weighted by Crippen LogP contribution is -2.45. The van der Waals surface area contributed by atoms with Crippen LogP contribution in [0.3, 0.4) is 0 Å². The number of nitrogens with one attached hydrogen (secondary N) is 3. The minimum absolute atomic E-state index is 0.0432. The lowest BCUT2D eigenvalue weighted by atomic mass is 9.95. The van der Waals surface area contributed by atoms with Crippen LogP contribution in [0.2, 0.25) is 0 Å². The third kappa shape index (κ3) is 4.64. The number of halogens is 2. The van der Waals surface area contributed by atoms with Crippen molar-refractivity contribution in [1.82, 2.24) is 10.6 Å². The summed E-state index contributed by atoms with van der Waals surface area (Å²) < 4.78 is 29.1. The number of hydrogen-bond acceptors (Lipinski definition) is 3. The number of alkyl halides is 2. The van der Waals surface area contributed by atoms with E-state index in [-0.39, 0.29) is 11.7 Å². The zero-order valence-electron chi connectivity index (χ0n) is 15.3. The van der Waals surface area contributed by atoms with Gasteiger partial charge in [-0.1, -0.05) is 29.8 Å². The zero-order valence-corrected chi connectivity index (χ0v) is 16.1. The number of anilines is 1. The normalized spacial score (nSPS) is 16.5. The first-order valence-corrected chi connectivity index (χ1v) is 8.95. The Kier molecular flexibility index (Phi) is 5.89. The van der Waals surface area contributed by atoms with Gasteiger partial charge in [-0.3, -0.25) is 4.79 Å². The van der Waals surface area contributed by atoms with Gasteiger partial charge in [0.2, 0.25) is 0 Å². The van der Waals surface area contributed by atoms with Gasteiger partial charge in [-0.05, 0) is 55.9 Å². The number of carbonyl (C=O) groups is 1. The van der Waals surface area contributed by atoms with E-state index >= 15 is 0 Å². The summed E-state index contributed by atoms with van der Waals surface area (Å²) in [5.74, 6) is -0.247. The van der Waals surface area contributed by atoms with E-state index in [4.69, 9.17) is 12.2 Å². The molecule has 0 aliphatic carbocycles. The molecule has 1 amide bonds. The van der Waals surface area contributed by atoms with Crippen molar-refractivity contribution in [3.8, 4) is 5.75 Å². The molecule has 1 aliphatic rings. The van der Waals surface area contributed by atoms with Crippen LogP contribution in [-0.2, 0) is 4.79 Å². The van der Waals surface area contributed by atoms with Gasteiger partial charge in [0, 0.05) is 11.4 Å². The molecule has 5 nitrogen and oxygen atoms in total. The molecule has 3 N–H and O–H groups in total. The number of rotatable bonds is 5. The zero-order chi connectivity index (χ0) is 20.3. The first kappa shape index (κ1) is 19.8. The smallest absolute Gasteiger partial charge is 0.387 e. The van der Waals surface area contributed by atoms with Crippen LogP contribution in [0.4, 0.5) is 14.5 Å². The summed E-state index contributed by atoms with van der Waals surface area (Å²) in [5.41, 5.74) is 3.52. The van der Waals surface area contributed by atoms with Crippen molar-refractivity contribution in [2.75, 3.05) is 5.32 Å². The lowest BCUT2D eigenvalue weighted by Gasteiger charge is -2.30. The second-order valence-corrected chi connectivity index (χ2v) is 6.75. The number of ether oxygens (including phenoxy) is 1. The number of hydrogen-bond donors (Lipinski definition) is 3. The van der Waals surface area contributed by atoms with Crippen LogP contribution in [0.15, 0.2) is 59.8 Å². The van der Waals surface area contributed by atoms with Crippen molar-refractivity contribution in [3.05, 3.63) is 70.9 Å². The Labute approximate surface area is 166 Å². The van der Waals surface area contributed by atoms with Crippen molar-refractivity contribution in [3.63, 3.8) is 0 Å². The van der Waals surface area contributed by atoms with Gasteiger partial charge in [0.1, 0.15) is 5.75 Å². The third-order valence-corrected chi connectivity index (χ3v) is 4.48. The first-order chi connectivity index (χ1) is 13.3. The van der Waals surface area contributed by atoms with Gasteiger partial charge in [-0.2, -0.15) is 8.78 Å². The molecule has 1 aliphatic heterocycles. The predicted octanol–water partition coefficient (Wildman–Crippen LogP) is 4.03. The molecule has 0 bridgehead atoms. The van der Waals surface area contributed by atoms with E-state index in [9.17, 15) is 13.6 Å². The second-order valence-electron chi connectivity index (χ2n) is 6.34. The number of thiocarbonyl (C=S) groups is 1. The van der Waals surface area contributed by atoms with E-state index in [1.807, 2.05) is 31.2 Å². The fourth-order valence-electron chi connectivity index (χ4n) is 2.92. The molecule has 0 aromatic heterocycles. The Morgan fingerprint density at radius 3 is 2.36 bits per heavy atom. The van der Waals surface area contributed by atoms with E-state index in [1.165, 1.54) is 12.1 Å². The molecule has 8 heteroatoms. The van der Waals surface area contributed by atoms with E-state index in [0.29, 0.717) is 27.6 Å². The SMILES string of the molecule is CC1=C(C(=O)Nc2ccc(C)cc2)[C@H](c2ccc(OC(F)F)cc2)NC(=S)N1. The van der Waals surface area contributed by atoms with Gasteiger partial charge in [0.05, 0.1) is 11.6 Å². The van der Waals surface area contributed by atoms with Gasteiger partial charge < -0.3 is 20.7 Å². The van der Waals surface area contributed by atoms with Crippen LogP contribution < -0.4 is 20.7 Å². The van der Waals surface area contributed by atoms with Gasteiger partial charge in [0.25, 0.3) is 5.91 Å². The van der Waals surface area contributed by atoms with E-state index in [1.54, 1.807) is 19.1 Å². The average molecular weight is 403 g/mol. The molecule has 28 heavy (non-hydrogen) atoms. The monoisotopic (exact) mass is 403 g/mol. The highest BCUT2D eigenvalue weighted by atomic mass is 32.1. The summed E-state index contributed by atoms with van der Waals surface area (Å²) in [5, 5.41) is 9.27.